The number of nitrogens with zero attached hydrogens (tertiary/aromatic N) is 1. The van der Waals surface area contributed by atoms with Gasteiger partial charge in [-0.3, -0.25) is 9.59 Å². The lowest BCUT2D eigenvalue weighted by Crippen LogP contribution is -2.32. The van der Waals surface area contributed by atoms with Gasteiger partial charge in [-0.2, -0.15) is 0 Å². The van der Waals surface area contributed by atoms with Crippen LogP contribution in [0.2, 0.25) is 0 Å². The summed E-state index contributed by atoms with van der Waals surface area (Å²) in [7, 11) is 0. The van der Waals surface area contributed by atoms with Crippen LogP contribution in [0.25, 0.3) is 10.9 Å². The second kappa shape index (κ2) is 10.9. The van der Waals surface area contributed by atoms with Crippen LogP contribution in [0.4, 0.5) is 10.1 Å². The van der Waals surface area contributed by atoms with Crippen LogP contribution in [0.15, 0.2) is 72.9 Å². The van der Waals surface area contributed by atoms with Gasteiger partial charge in [0, 0.05) is 47.9 Å². The Kier molecular flexibility index (Phi) is 7.21. The van der Waals surface area contributed by atoms with Crippen LogP contribution in [-0.2, 0) is 22.4 Å². The van der Waals surface area contributed by atoms with Crippen LogP contribution in [0.5, 0.6) is 0 Å². The fourth-order valence-electron chi connectivity index (χ4n) is 5.16. The molecule has 3 N–H and O–H groups in total. The minimum Gasteiger partial charge on any atom is -0.481 e. The molecule has 1 amide bonds. The van der Waals surface area contributed by atoms with E-state index >= 15 is 0 Å². The molecule has 1 fully saturated rings. The fraction of sp³-hybridized carbons (Fsp3) is 0.267. The highest BCUT2D eigenvalue weighted by Gasteiger charge is 2.24. The molecule has 6 nitrogen and oxygen atoms in total. The smallest absolute Gasteiger partial charge is 0.303 e. The Balaban J connectivity index is 1.42. The summed E-state index contributed by atoms with van der Waals surface area (Å²) >= 11 is 0. The number of carbonyl (C=O) groups excluding carboxylic acids is 1. The predicted octanol–water partition coefficient (Wildman–Crippen LogP) is 5.37. The third-order valence-electron chi connectivity index (χ3n) is 6.99. The van der Waals surface area contributed by atoms with Crippen molar-refractivity contribution in [2.75, 3.05) is 18.0 Å². The second-order valence-electron chi connectivity index (χ2n) is 9.57. The van der Waals surface area contributed by atoms with Crippen molar-refractivity contribution in [1.29, 1.82) is 0 Å². The molecule has 1 aromatic heterocycles. The molecule has 190 valence electrons. The topological polar surface area (TPSA) is 85.4 Å². The van der Waals surface area contributed by atoms with Gasteiger partial charge < -0.3 is 20.3 Å². The number of hydrogen-bond acceptors (Lipinski definition) is 3. The number of H-pyrrole nitrogens is 1. The Morgan fingerprint density at radius 1 is 1.03 bits per heavy atom. The maximum Gasteiger partial charge on any atom is 0.303 e. The predicted molar refractivity (Wildman–Crippen MR) is 142 cm³/mol. The van der Waals surface area contributed by atoms with Gasteiger partial charge in [-0.05, 0) is 60.2 Å². The average Bonchev–Trinajstić information content (AvgIpc) is 3.57. The highest BCUT2D eigenvalue weighted by Crippen LogP contribution is 2.33. The first-order valence-electron chi connectivity index (χ1n) is 12.7. The normalized spacial score (nSPS) is 14.1. The SMILES string of the molecule is O=C(O)CCc1c[nH]c2ccc(CC(=O)NC(c3ccccc3)c3ccc(F)cc3N3CCCC3)cc12. The first-order chi connectivity index (χ1) is 18.0. The zero-order valence-corrected chi connectivity index (χ0v) is 20.5. The number of aryl methyl sites for hydroxylation is 1. The van der Waals surface area contributed by atoms with Gasteiger partial charge in [0.05, 0.1) is 12.5 Å². The van der Waals surface area contributed by atoms with Crippen molar-refractivity contribution in [3.8, 4) is 0 Å². The molecule has 1 aliphatic rings. The molecule has 7 heteroatoms. The summed E-state index contributed by atoms with van der Waals surface area (Å²) < 4.78 is 14.3. The van der Waals surface area contributed by atoms with Crippen molar-refractivity contribution >= 4 is 28.5 Å². The average molecular weight is 500 g/mol. The Morgan fingerprint density at radius 2 is 1.81 bits per heavy atom. The van der Waals surface area contributed by atoms with Gasteiger partial charge >= 0.3 is 5.97 Å². The van der Waals surface area contributed by atoms with Crippen LogP contribution in [0.1, 0.15) is 47.6 Å². The molecule has 1 atom stereocenters. The largest absolute Gasteiger partial charge is 0.481 e. The molecule has 1 saturated heterocycles. The Hall–Kier alpha value is -4.13. The van der Waals surface area contributed by atoms with E-state index < -0.39 is 12.0 Å². The third kappa shape index (κ3) is 5.66. The number of aromatic nitrogens is 1. The van der Waals surface area contributed by atoms with E-state index in [1.807, 2.05) is 54.7 Å². The first-order valence-corrected chi connectivity index (χ1v) is 12.7. The standard InChI is InChI=1S/C30H30FN3O3/c31-23-10-11-24(27(18-23)34-14-4-5-15-34)30(21-6-2-1-3-7-21)33-28(35)17-20-8-12-26-25(16-20)22(19-32-26)9-13-29(36)37/h1-3,6-8,10-12,16,18-19,30,32H,4-5,9,13-15,17H2,(H,33,35)(H,36,37). The third-order valence-corrected chi connectivity index (χ3v) is 6.99. The number of hydrogen-bond donors (Lipinski definition) is 3. The van der Waals surface area contributed by atoms with Gasteiger partial charge in [-0.1, -0.05) is 42.5 Å². The van der Waals surface area contributed by atoms with Crippen molar-refractivity contribution in [2.24, 2.45) is 0 Å². The summed E-state index contributed by atoms with van der Waals surface area (Å²) in [4.78, 5) is 29.7. The van der Waals surface area contributed by atoms with Gasteiger partial charge in [0.15, 0.2) is 0 Å². The molecule has 5 rings (SSSR count). The minimum atomic E-state index is -0.842. The fourth-order valence-corrected chi connectivity index (χ4v) is 5.16. The number of nitrogens with one attached hydrogen (secondary N) is 2. The number of aliphatic carboxylic acids is 1. The molecule has 0 aliphatic carbocycles. The number of anilines is 1. The van der Waals surface area contributed by atoms with E-state index in [0.717, 1.165) is 64.8 Å². The summed E-state index contributed by atoms with van der Waals surface area (Å²) in [5, 5.41) is 13.2. The van der Waals surface area contributed by atoms with Crippen molar-refractivity contribution in [2.45, 2.75) is 38.1 Å². The molecule has 0 saturated carbocycles. The number of aromatic amines is 1. The van der Waals surface area contributed by atoms with Crippen LogP contribution in [0.3, 0.4) is 0 Å². The number of amides is 1. The second-order valence-corrected chi connectivity index (χ2v) is 9.57. The molecule has 1 aliphatic heterocycles. The molecular weight excluding hydrogens is 469 g/mol. The maximum absolute atomic E-state index is 14.3. The van der Waals surface area contributed by atoms with E-state index in [0.29, 0.717) is 6.42 Å². The van der Waals surface area contributed by atoms with Crippen LogP contribution < -0.4 is 10.2 Å². The minimum absolute atomic E-state index is 0.0491. The molecule has 4 aromatic rings. The molecule has 1 unspecified atom stereocenters. The number of benzene rings is 3. The van der Waals surface area contributed by atoms with Gasteiger partial charge in [-0.15, -0.1) is 0 Å². The Bertz CT molecular complexity index is 1410. The number of carboxylic acid groups (broad SMARTS) is 1. The summed E-state index contributed by atoms with van der Waals surface area (Å²) in [6, 6.07) is 19.9. The molecule has 2 heterocycles. The van der Waals surface area contributed by atoms with Crippen LogP contribution in [0, 0.1) is 5.82 Å². The quantitative estimate of drug-likeness (QED) is 0.289. The van der Waals surface area contributed by atoms with Gasteiger partial charge in [0.25, 0.3) is 0 Å². The Labute approximate surface area is 215 Å². The van der Waals surface area contributed by atoms with Crippen molar-refractivity contribution in [3.63, 3.8) is 0 Å². The number of carbonyl (C=O) groups is 2. The number of carboxylic acids is 1. The summed E-state index contributed by atoms with van der Waals surface area (Å²) in [5.41, 5.74) is 5.30. The van der Waals surface area contributed by atoms with E-state index in [4.69, 9.17) is 5.11 Å². The summed E-state index contributed by atoms with van der Waals surface area (Å²) in [5.74, 6) is -1.28. The maximum atomic E-state index is 14.3. The van der Waals surface area contributed by atoms with Crippen molar-refractivity contribution in [1.82, 2.24) is 10.3 Å². The Morgan fingerprint density at radius 3 is 2.57 bits per heavy atom. The van der Waals surface area contributed by atoms with Crippen LogP contribution >= 0.6 is 0 Å². The zero-order valence-electron chi connectivity index (χ0n) is 20.5. The van der Waals surface area contributed by atoms with E-state index in [1.54, 1.807) is 12.1 Å². The molecule has 0 bridgehead atoms. The van der Waals surface area contributed by atoms with Gasteiger partial charge in [-0.25, -0.2) is 4.39 Å². The lowest BCUT2D eigenvalue weighted by atomic mass is 9.96. The highest BCUT2D eigenvalue weighted by atomic mass is 19.1. The monoisotopic (exact) mass is 499 g/mol. The molecule has 0 radical (unpaired) electrons. The van der Waals surface area contributed by atoms with Crippen molar-refractivity contribution in [3.05, 3.63) is 101 Å². The zero-order chi connectivity index (χ0) is 25.8. The number of fused-ring (bicyclic) bond motifs is 1. The van der Waals surface area contributed by atoms with Gasteiger partial charge in [0.2, 0.25) is 5.91 Å². The highest BCUT2D eigenvalue weighted by molar-refractivity contribution is 5.87. The van der Waals surface area contributed by atoms with Crippen molar-refractivity contribution < 1.29 is 19.1 Å². The van der Waals surface area contributed by atoms with E-state index in [1.165, 1.54) is 6.07 Å². The molecule has 37 heavy (non-hydrogen) atoms. The van der Waals surface area contributed by atoms with E-state index in [9.17, 15) is 14.0 Å². The number of halogens is 1. The molecule has 3 aromatic carbocycles. The van der Waals surface area contributed by atoms with E-state index in [2.05, 4.69) is 15.2 Å². The number of rotatable bonds is 9. The molecular formula is C30H30FN3O3. The molecule has 0 spiro atoms. The summed E-state index contributed by atoms with van der Waals surface area (Å²) in [6.45, 7) is 1.74. The van der Waals surface area contributed by atoms with Crippen LogP contribution in [-0.4, -0.2) is 35.1 Å². The van der Waals surface area contributed by atoms with E-state index in [-0.39, 0.29) is 24.6 Å². The first kappa shape index (κ1) is 24.6. The lowest BCUT2D eigenvalue weighted by molar-refractivity contribution is -0.137. The van der Waals surface area contributed by atoms with Gasteiger partial charge in [0.1, 0.15) is 5.82 Å². The summed E-state index contributed by atoms with van der Waals surface area (Å²) in [6.07, 6.45) is 4.60. The lowest BCUT2D eigenvalue weighted by Gasteiger charge is -2.27.